The maximum atomic E-state index is 13.0. The highest BCUT2D eigenvalue weighted by Crippen LogP contribution is 2.38. The lowest BCUT2D eigenvalue weighted by Crippen LogP contribution is -2.25. The van der Waals surface area contributed by atoms with E-state index in [1.807, 2.05) is 0 Å². The van der Waals surface area contributed by atoms with Crippen LogP contribution in [0.1, 0.15) is 30.1 Å². The van der Waals surface area contributed by atoms with Crippen LogP contribution in [0.4, 0.5) is 17.6 Å². The summed E-state index contributed by atoms with van der Waals surface area (Å²) in [5.74, 6) is -1.36. The Balaban J connectivity index is 2.32. The van der Waals surface area contributed by atoms with E-state index < -0.39 is 23.7 Å². The van der Waals surface area contributed by atoms with Crippen molar-refractivity contribution in [3.05, 3.63) is 35.1 Å². The molecule has 1 aliphatic heterocycles. The van der Waals surface area contributed by atoms with Crippen molar-refractivity contribution in [1.29, 1.82) is 0 Å². The van der Waals surface area contributed by atoms with E-state index in [0.29, 0.717) is 25.5 Å². The lowest BCUT2D eigenvalue weighted by atomic mass is 9.88. The molecular formula is C13H14F4O2. The molecule has 6 heteroatoms. The van der Waals surface area contributed by atoms with E-state index in [9.17, 15) is 22.7 Å². The summed E-state index contributed by atoms with van der Waals surface area (Å²) in [7, 11) is 0. The average Bonchev–Trinajstić information content (AvgIpc) is 2.38. The number of halogens is 4. The van der Waals surface area contributed by atoms with E-state index in [1.54, 1.807) is 0 Å². The van der Waals surface area contributed by atoms with Crippen LogP contribution in [0.15, 0.2) is 18.2 Å². The molecule has 0 aromatic heterocycles. The number of rotatable bonds is 2. The summed E-state index contributed by atoms with van der Waals surface area (Å²) in [6.07, 6.45) is -4.69. The number of hydrogen-bond donors (Lipinski definition) is 1. The van der Waals surface area contributed by atoms with Gasteiger partial charge in [0.05, 0.1) is 18.3 Å². The molecule has 0 spiro atoms. The maximum absolute atomic E-state index is 13.0. The third kappa shape index (κ3) is 3.25. The second-order valence-electron chi connectivity index (χ2n) is 4.65. The van der Waals surface area contributed by atoms with Crippen LogP contribution in [-0.2, 0) is 10.9 Å². The molecule has 0 saturated carbocycles. The Labute approximate surface area is 108 Å². The normalized spacial score (nSPS) is 22.3. The van der Waals surface area contributed by atoms with Crippen LogP contribution in [0.3, 0.4) is 0 Å². The monoisotopic (exact) mass is 278 g/mol. The van der Waals surface area contributed by atoms with Gasteiger partial charge in [-0.1, -0.05) is 6.07 Å². The molecule has 0 radical (unpaired) electrons. The quantitative estimate of drug-likeness (QED) is 0.841. The minimum atomic E-state index is -4.69. The summed E-state index contributed by atoms with van der Waals surface area (Å²) in [5.41, 5.74) is -1.41. The largest absolute Gasteiger partial charge is 0.416 e. The van der Waals surface area contributed by atoms with E-state index in [1.165, 1.54) is 0 Å². The van der Waals surface area contributed by atoms with Crippen molar-refractivity contribution in [2.75, 3.05) is 13.2 Å². The molecule has 106 valence electrons. The van der Waals surface area contributed by atoms with Crippen LogP contribution in [0, 0.1) is 11.7 Å². The smallest absolute Gasteiger partial charge is 0.388 e. The summed E-state index contributed by atoms with van der Waals surface area (Å²) in [5, 5.41) is 10.1. The Morgan fingerprint density at radius 2 is 2.05 bits per heavy atom. The van der Waals surface area contributed by atoms with Gasteiger partial charge in [-0.15, -0.1) is 0 Å². The summed E-state index contributed by atoms with van der Waals surface area (Å²) in [4.78, 5) is 0. The molecule has 1 aliphatic rings. The highest BCUT2D eigenvalue weighted by Gasteiger charge is 2.37. The van der Waals surface area contributed by atoms with Gasteiger partial charge in [0.2, 0.25) is 0 Å². The van der Waals surface area contributed by atoms with Crippen molar-refractivity contribution in [2.45, 2.75) is 25.1 Å². The molecule has 2 atom stereocenters. The molecule has 1 aromatic carbocycles. The summed E-state index contributed by atoms with van der Waals surface area (Å²) in [6, 6.07) is 2.34. The number of hydrogen-bond acceptors (Lipinski definition) is 2. The fourth-order valence-corrected chi connectivity index (χ4v) is 2.30. The Morgan fingerprint density at radius 1 is 1.32 bits per heavy atom. The van der Waals surface area contributed by atoms with Gasteiger partial charge in [-0.05, 0) is 30.5 Å². The first kappa shape index (κ1) is 14.3. The molecular weight excluding hydrogens is 264 g/mol. The van der Waals surface area contributed by atoms with Gasteiger partial charge in [-0.2, -0.15) is 13.2 Å². The number of aliphatic hydroxyl groups is 1. The molecule has 0 amide bonds. The van der Waals surface area contributed by atoms with E-state index in [4.69, 9.17) is 4.74 Å². The van der Waals surface area contributed by atoms with Crippen LogP contribution >= 0.6 is 0 Å². The molecule has 2 unspecified atom stereocenters. The van der Waals surface area contributed by atoms with Gasteiger partial charge in [0.1, 0.15) is 5.82 Å². The second-order valence-corrected chi connectivity index (χ2v) is 4.65. The minimum Gasteiger partial charge on any atom is -0.388 e. The van der Waals surface area contributed by atoms with Gasteiger partial charge in [-0.3, -0.25) is 0 Å². The lowest BCUT2D eigenvalue weighted by Gasteiger charge is -2.28. The van der Waals surface area contributed by atoms with Crippen LogP contribution in [-0.4, -0.2) is 18.3 Å². The molecule has 2 rings (SSSR count). The molecule has 1 fully saturated rings. The summed E-state index contributed by atoms with van der Waals surface area (Å²) in [6.45, 7) is 0.772. The molecule has 2 nitrogen and oxygen atoms in total. The fraction of sp³-hybridized carbons (Fsp3) is 0.538. The van der Waals surface area contributed by atoms with Gasteiger partial charge in [0.25, 0.3) is 0 Å². The second kappa shape index (κ2) is 5.46. The molecule has 0 bridgehead atoms. The highest BCUT2D eigenvalue weighted by atomic mass is 19.4. The van der Waals surface area contributed by atoms with Crippen LogP contribution < -0.4 is 0 Å². The Hall–Kier alpha value is -1.14. The molecule has 19 heavy (non-hydrogen) atoms. The molecule has 0 aliphatic carbocycles. The number of ether oxygens (including phenoxy) is 1. The van der Waals surface area contributed by atoms with Gasteiger partial charge in [0, 0.05) is 12.5 Å². The maximum Gasteiger partial charge on any atom is 0.416 e. The fourth-order valence-electron chi connectivity index (χ4n) is 2.30. The first-order valence-electron chi connectivity index (χ1n) is 6.02. The topological polar surface area (TPSA) is 29.5 Å². The Kier molecular flexibility index (Phi) is 4.10. The van der Waals surface area contributed by atoms with Gasteiger partial charge in [-0.25, -0.2) is 4.39 Å². The van der Waals surface area contributed by atoms with Crippen molar-refractivity contribution >= 4 is 0 Å². The lowest BCUT2D eigenvalue weighted by molar-refractivity contribution is -0.140. The Morgan fingerprint density at radius 3 is 2.63 bits per heavy atom. The highest BCUT2D eigenvalue weighted by molar-refractivity contribution is 5.32. The van der Waals surface area contributed by atoms with E-state index in [0.717, 1.165) is 12.1 Å². The standard InChI is InChI=1S/C13H14F4O2/c14-9-3-4-10(11(6-9)13(15,16)17)12(18)8-2-1-5-19-7-8/h3-4,6,8,12,18H,1-2,5,7H2. The Bertz CT molecular complexity index is 439. The van der Waals surface area contributed by atoms with E-state index in [2.05, 4.69) is 0 Å². The van der Waals surface area contributed by atoms with Crippen molar-refractivity contribution < 1.29 is 27.4 Å². The van der Waals surface area contributed by atoms with Crippen LogP contribution in [0.2, 0.25) is 0 Å². The number of aliphatic hydroxyl groups excluding tert-OH is 1. The van der Waals surface area contributed by atoms with Crippen molar-refractivity contribution in [3.63, 3.8) is 0 Å². The minimum absolute atomic E-state index is 0.218. The average molecular weight is 278 g/mol. The molecule has 1 heterocycles. The van der Waals surface area contributed by atoms with Gasteiger partial charge < -0.3 is 9.84 Å². The summed E-state index contributed by atoms with van der Waals surface area (Å²) >= 11 is 0. The predicted molar refractivity (Wildman–Crippen MR) is 59.9 cm³/mol. The number of alkyl halides is 3. The molecule has 1 N–H and O–H groups in total. The zero-order valence-electron chi connectivity index (χ0n) is 10.1. The summed E-state index contributed by atoms with van der Waals surface area (Å²) < 4.78 is 56.7. The third-order valence-electron chi connectivity index (χ3n) is 3.28. The molecule has 1 saturated heterocycles. The van der Waals surface area contributed by atoms with Crippen molar-refractivity contribution in [2.24, 2.45) is 5.92 Å². The van der Waals surface area contributed by atoms with Gasteiger partial charge >= 0.3 is 6.18 Å². The van der Waals surface area contributed by atoms with Crippen molar-refractivity contribution in [1.82, 2.24) is 0 Å². The first-order chi connectivity index (χ1) is 8.89. The van der Waals surface area contributed by atoms with Gasteiger partial charge in [0.15, 0.2) is 0 Å². The molecule has 1 aromatic rings. The van der Waals surface area contributed by atoms with Crippen LogP contribution in [0.5, 0.6) is 0 Å². The van der Waals surface area contributed by atoms with Crippen LogP contribution in [0.25, 0.3) is 0 Å². The zero-order chi connectivity index (χ0) is 14.0. The zero-order valence-corrected chi connectivity index (χ0v) is 10.1. The van der Waals surface area contributed by atoms with Crippen molar-refractivity contribution in [3.8, 4) is 0 Å². The first-order valence-corrected chi connectivity index (χ1v) is 6.02. The predicted octanol–water partition coefficient (Wildman–Crippen LogP) is 3.30. The SMILES string of the molecule is OC(c1ccc(F)cc1C(F)(F)F)C1CCCOC1. The van der Waals surface area contributed by atoms with E-state index >= 15 is 0 Å². The number of benzene rings is 1. The third-order valence-corrected chi connectivity index (χ3v) is 3.28. The van der Waals surface area contributed by atoms with E-state index in [-0.39, 0.29) is 18.1 Å².